The SMILES string of the molecule is CC(C)(C)c1ccc(CCC(=O)Oc2ccccc2)cc1. The molecular weight excluding hydrogens is 260 g/mol. The molecule has 0 radical (unpaired) electrons. The van der Waals surface area contributed by atoms with Crippen LogP contribution in [-0.2, 0) is 16.6 Å². The summed E-state index contributed by atoms with van der Waals surface area (Å²) in [6.45, 7) is 6.58. The van der Waals surface area contributed by atoms with Crippen molar-refractivity contribution in [3.05, 3.63) is 65.7 Å². The number of para-hydroxylation sites is 1. The van der Waals surface area contributed by atoms with Gasteiger partial charge in [-0.25, -0.2) is 0 Å². The van der Waals surface area contributed by atoms with Gasteiger partial charge in [0.2, 0.25) is 0 Å². The summed E-state index contributed by atoms with van der Waals surface area (Å²) in [5.41, 5.74) is 2.62. The van der Waals surface area contributed by atoms with Gasteiger partial charge in [0.25, 0.3) is 0 Å². The second-order valence-electron chi connectivity index (χ2n) is 6.23. The summed E-state index contributed by atoms with van der Waals surface area (Å²) in [6, 6.07) is 17.6. The highest BCUT2D eigenvalue weighted by molar-refractivity contribution is 5.72. The molecule has 0 aliphatic heterocycles. The lowest BCUT2D eigenvalue weighted by molar-refractivity contribution is -0.134. The predicted octanol–water partition coefficient (Wildman–Crippen LogP) is 4.52. The molecule has 0 fully saturated rings. The van der Waals surface area contributed by atoms with Gasteiger partial charge in [-0.05, 0) is 35.1 Å². The van der Waals surface area contributed by atoms with E-state index >= 15 is 0 Å². The highest BCUT2D eigenvalue weighted by atomic mass is 16.5. The number of carbonyl (C=O) groups excluding carboxylic acids is 1. The highest BCUT2D eigenvalue weighted by Crippen LogP contribution is 2.22. The first-order valence-electron chi connectivity index (χ1n) is 7.30. The Morgan fingerprint density at radius 2 is 1.57 bits per heavy atom. The summed E-state index contributed by atoms with van der Waals surface area (Å²) in [4.78, 5) is 11.8. The first-order chi connectivity index (χ1) is 9.95. The summed E-state index contributed by atoms with van der Waals surface area (Å²) in [6.07, 6.45) is 1.10. The molecule has 2 aromatic rings. The molecule has 0 spiro atoms. The van der Waals surface area contributed by atoms with Gasteiger partial charge in [-0.3, -0.25) is 4.79 Å². The van der Waals surface area contributed by atoms with Crippen molar-refractivity contribution in [3.63, 3.8) is 0 Å². The zero-order chi connectivity index (χ0) is 15.3. The topological polar surface area (TPSA) is 26.3 Å². The van der Waals surface area contributed by atoms with E-state index in [0.717, 1.165) is 5.56 Å². The lowest BCUT2D eigenvalue weighted by Gasteiger charge is -2.19. The summed E-state index contributed by atoms with van der Waals surface area (Å²) in [5, 5.41) is 0. The Labute approximate surface area is 126 Å². The molecular formula is C19H22O2. The molecule has 0 saturated heterocycles. The fraction of sp³-hybridized carbons (Fsp3) is 0.316. The van der Waals surface area contributed by atoms with Gasteiger partial charge in [0.1, 0.15) is 5.75 Å². The Morgan fingerprint density at radius 1 is 0.952 bits per heavy atom. The third-order valence-electron chi connectivity index (χ3n) is 3.41. The molecule has 0 aliphatic carbocycles. The molecule has 0 amide bonds. The average Bonchev–Trinajstić information content (AvgIpc) is 2.46. The first-order valence-corrected chi connectivity index (χ1v) is 7.30. The second-order valence-corrected chi connectivity index (χ2v) is 6.23. The lowest BCUT2D eigenvalue weighted by atomic mass is 9.86. The van der Waals surface area contributed by atoms with Gasteiger partial charge >= 0.3 is 5.97 Å². The molecule has 110 valence electrons. The largest absolute Gasteiger partial charge is 0.427 e. The molecule has 0 aliphatic rings. The molecule has 2 rings (SSSR count). The van der Waals surface area contributed by atoms with Crippen LogP contribution in [0.15, 0.2) is 54.6 Å². The number of carbonyl (C=O) groups is 1. The first kappa shape index (κ1) is 15.3. The van der Waals surface area contributed by atoms with Crippen LogP contribution in [0.3, 0.4) is 0 Å². The molecule has 0 aromatic heterocycles. The maximum absolute atomic E-state index is 11.8. The summed E-state index contributed by atoms with van der Waals surface area (Å²) < 4.78 is 5.28. The van der Waals surface area contributed by atoms with E-state index in [-0.39, 0.29) is 11.4 Å². The Balaban J connectivity index is 1.87. The number of aryl methyl sites for hydroxylation is 1. The average molecular weight is 282 g/mol. The third-order valence-corrected chi connectivity index (χ3v) is 3.41. The van der Waals surface area contributed by atoms with Crippen LogP contribution in [-0.4, -0.2) is 5.97 Å². The maximum Gasteiger partial charge on any atom is 0.311 e. The van der Waals surface area contributed by atoms with Gasteiger partial charge in [-0.2, -0.15) is 0 Å². The molecule has 0 N–H and O–H groups in total. The van der Waals surface area contributed by atoms with Crippen LogP contribution in [0.1, 0.15) is 38.3 Å². The van der Waals surface area contributed by atoms with E-state index in [1.807, 2.05) is 18.2 Å². The van der Waals surface area contributed by atoms with Crippen LogP contribution in [0.5, 0.6) is 5.75 Å². The van der Waals surface area contributed by atoms with E-state index in [9.17, 15) is 4.79 Å². The van der Waals surface area contributed by atoms with Crippen molar-refractivity contribution in [2.45, 2.75) is 39.0 Å². The van der Waals surface area contributed by atoms with E-state index in [1.54, 1.807) is 12.1 Å². The molecule has 21 heavy (non-hydrogen) atoms. The standard InChI is InChI=1S/C19H22O2/c1-19(2,3)16-12-9-15(10-13-16)11-14-18(20)21-17-7-5-4-6-8-17/h4-10,12-13H,11,14H2,1-3H3. The van der Waals surface area contributed by atoms with Crippen molar-refractivity contribution in [2.24, 2.45) is 0 Å². The summed E-state index contributed by atoms with van der Waals surface area (Å²) in [5.74, 6) is 0.409. The fourth-order valence-electron chi connectivity index (χ4n) is 2.09. The van der Waals surface area contributed by atoms with Crippen LogP contribution in [0.4, 0.5) is 0 Å². The van der Waals surface area contributed by atoms with Gasteiger partial charge in [-0.1, -0.05) is 63.2 Å². The van der Waals surface area contributed by atoms with E-state index in [0.29, 0.717) is 18.6 Å². The van der Waals surface area contributed by atoms with Crippen molar-refractivity contribution in [1.82, 2.24) is 0 Å². The number of benzene rings is 2. The number of ether oxygens (including phenoxy) is 1. The molecule has 2 nitrogen and oxygen atoms in total. The minimum Gasteiger partial charge on any atom is -0.427 e. The Morgan fingerprint density at radius 3 is 2.14 bits per heavy atom. The van der Waals surface area contributed by atoms with Crippen molar-refractivity contribution >= 4 is 5.97 Å². The lowest BCUT2D eigenvalue weighted by Crippen LogP contribution is -2.11. The zero-order valence-corrected chi connectivity index (χ0v) is 12.9. The summed E-state index contributed by atoms with van der Waals surface area (Å²) >= 11 is 0. The zero-order valence-electron chi connectivity index (χ0n) is 12.9. The maximum atomic E-state index is 11.8. The monoisotopic (exact) mass is 282 g/mol. The van der Waals surface area contributed by atoms with E-state index in [1.165, 1.54) is 5.56 Å². The second kappa shape index (κ2) is 6.57. The molecule has 2 heteroatoms. The number of hydrogen-bond acceptors (Lipinski definition) is 2. The fourth-order valence-corrected chi connectivity index (χ4v) is 2.09. The van der Waals surface area contributed by atoms with Crippen LogP contribution < -0.4 is 4.74 Å². The number of rotatable bonds is 4. The van der Waals surface area contributed by atoms with Crippen LogP contribution in [0.25, 0.3) is 0 Å². The van der Waals surface area contributed by atoms with Crippen LogP contribution in [0.2, 0.25) is 0 Å². The molecule has 0 atom stereocenters. The van der Waals surface area contributed by atoms with Crippen LogP contribution >= 0.6 is 0 Å². The van der Waals surface area contributed by atoms with Crippen molar-refractivity contribution in [1.29, 1.82) is 0 Å². The van der Waals surface area contributed by atoms with E-state index < -0.39 is 0 Å². The Kier molecular flexibility index (Phi) is 4.79. The van der Waals surface area contributed by atoms with Gasteiger partial charge < -0.3 is 4.74 Å². The minimum atomic E-state index is -0.193. The summed E-state index contributed by atoms with van der Waals surface area (Å²) in [7, 11) is 0. The van der Waals surface area contributed by atoms with Gasteiger partial charge in [-0.15, -0.1) is 0 Å². The molecule has 2 aromatic carbocycles. The third kappa shape index (κ3) is 4.75. The normalized spacial score (nSPS) is 11.2. The van der Waals surface area contributed by atoms with E-state index in [2.05, 4.69) is 45.0 Å². The van der Waals surface area contributed by atoms with Gasteiger partial charge in [0.05, 0.1) is 0 Å². The molecule has 0 bridgehead atoms. The smallest absolute Gasteiger partial charge is 0.311 e. The molecule has 0 heterocycles. The number of esters is 1. The van der Waals surface area contributed by atoms with Crippen molar-refractivity contribution < 1.29 is 9.53 Å². The Hall–Kier alpha value is -2.09. The minimum absolute atomic E-state index is 0.158. The van der Waals surface area contributed by atoms with Crippen LogP contribution in [0, 0.1) is 0 Å². The predicted molar refractivity (Wildman–Crippen MR) is 85.5 cm³/mol. The molecule has 0 unspecified atom stereocenters. The van der Waals surface area contributed by atoms with Gasteiger partial charge in [0, 0.05) is 6.42 Å². The van der Waals surface area contributed by atoms with Gasteiger partial charge in [0.15, 0.2) is 0 Å². The number of hydrogen-bond donors (Lipinski definition) is 0. The highest BCUT2D eigenvalue weighted by Gasteiger charge is 2.13. The Bertz CT molecular complexity index is 577. The molecule has 0 saturated carbocycles. The quantitative estimate of drug-likeness (QED) is 0.608. The van der Waals surface area contributed by atoms with E-state index in [4.69, 9.17) is 4.74 Å². The van der Waals surface area contributed by atoms with Crippen molar-refractivity contribution in [3.8, 4) is 5.75 Å². The van der Waals surface area contributed by atoms with Crippen molar-refractivity contribution in [2.75, 3.05) is 0 Å².